The summed E-state index contributed by atoms with van der Waals surface area (Å²) in [5, 5.41) is 0. The van der Waals surface area contributed by atoms with Crippen LogP contribution in [0.4, 0.5) is 0 Å². The minimum Gasteiger partial charge on any atom is -0.354 e. The van der Waals surface area contributed by atoms with Gasteiger partial charge in [-0.2, -0.15) is 0 Å². The average molecular weight is 448 g/mol. The van der Waals surface area contributed by atoms with E-state index in [0.717, 1.165) is 13.1 Å². The number of unbranched alkanes of at least 4 members (excludes halogenated alkanes) is 8. The Balaban J connectivity index is 1.63. The summed E-state index contributed by atoms with van der Waals surface area (Å²) >= 11 is 0. The number of hydrogen-bond acceptors (Lipinski definition) is 0. The van der Waals surface area contributed by atoms with Gasteiger partial charge in [-0.05, 0) is 37.8 Å². The first-order valence-corrected chi connectivity index (χ1v) is 13.3. The summed E-state index contributed by atoms with van der Waals surface area (Å²) in [5.41, 5.74) is 7.70. The number of H-pyrrole nitrogens is 1. The Morgan fingerprint density at radius 1 is 0.545 bits per heavy atom. The molecular weight excluding hydrogens is 402 g/mol. The van der Waals surface area contributed by atoms with Crippen LogP contribution in [0.15, 0.2) is 49.1 Å². The molecule has 0 fully saturated rings. The highest BCUT2D eigenvalue weighted by atomic mass is 14.9. The van der Waals surface area contributed by atoms with Crippen molar-refractivity contribution in [1.29, 1.82) is 0 Å². The van der Waals surface area contributed by atoms with E-state index in [1.807, 2.05) is 0 Å². The van der Waals surface area contributed by atoms with Crippen LogP contribution >= 0.6 is 0 Å². The van der Waals surface area contributed by atoms with Gasteiger partial charge in [0, 0.05) is 59.6 Å². The summed E-state index contributed by atoms with van der Waals surface area (Å²) in [5.74, 6) is 0. The van der Waals surface area contributed by atoms with Crippen molar-refractivity contribution in [3.8, 4) is 22.5 Å². The van der Waals surface area contributed by atoms with Gasteiger partial charge in [0.05, 0.1) is 0 Å². The minimum atomic E-state index is 1.11. The first-order valence-electron chi connectivity index (χ1n) is 13.3. The highest BCUT2D eigenvalue weighted by Crippen LogP contribution is 2.32. The lowest BCUT2D eigenvalue weighted by atomic mass is 10.0. The van der Waals surface area contributed by atoms with Crippen molar-refractivity contribution in [2.45, 2.75) is 105 Å². The minimum absolute atomic E-state index is 1.11. The summed E-state index contributed by atoms with van der Waals surface area (Å²) in [6.45, 7) is 11.2. The van der Waals surface area contributed by atoms with Crippen LogP contribution in [0.1, 0.15) is 89.2 Å². The molecule has 33 heavy (non-hydrogen) atoms. The molecular formula is C30H45N3+2. The number of hydrogen-bond donors (Lipinski definition) is 1. The highest BCUT2D eigenvalue weighted by Gasteiger charge is 2.15. The van der Waals surface area contributed by atoms with Gasteiger partial charge in [0.15, 0.2) is 24.8 Å². The molecule has 0 spiro atoms. The van der Waals surface area contributed by atoms with E-state index >= 15 is 0 Å². The predicted molar refractivity (Wildman–Crippen MR) is 139 cm³/mol. The van der Waals surface area contributed by atoms with Gasteiger partial charge in [0.2, 0.25) is 0 Å². The van der Waals surface area contributed by atoms with Crippen LogP contribution in [0.2, 0.25) is 0 Å². The van der Waals surface area contributed by atoms with Crippen molar-refractivity contribution < 1.29 is 9.13 Å². The van der Waals surface area contributed by atoms with Crippen LogP contribution in [0.25, 0.3) is 22.5 Å². The highest BCUT2D eigenvalue weighted by molar-refractivity contribution is 5.74. The number of rotatable bonds is 14. The van der Waals surface area contributed by atoms with Gasteiger partial charge in [-0.1, -0.05) is 52.4 Å². The topological polar surface area (TPSA) is 23.5 Å². The first-order chi connectivity index (χ1) is 16.1. The lowest BCUT2D eigenvalue weighted by molar-refractivity contribution is -0.697. The molecule has 0 unspecified atom stereocenters. The zero-order valence-electron chi connectivity index (χ0n) is 21.5. The molecule has 0 aliphatic heterocycles. The van der Waals surface area contributed by atoms with Crippen molar-refractivity contribution in [3.63, 3.8) is 0 Å². The van der Waals surface area contributed by atoms with E-state index < -0.39 is 0 Å². The lowest BCUT2D eigenvalue weighted by Crippen LogP contribution is -2.32. The fraction of sp³-hybridized carbons (Fsp3) is 0.533. The maximum Gasteiger partial charge on any atom is 0.169 e. The van der Waals surface area contributed by atoms with Crippen molar-refractivity contribution in [3.05, 3.63) is 60.2 Å². The van der Waals surface area contributed by atoms with Gasteiger partial charge in [0.1, 0.15) is 13.1 Å². The third kappa shape index (κ3) is 7.28. The molecule has 3 heterocycles. The van der Waals surface area contributed by atoms with Gasteiger partial charge in [-0.3, -0.25) is 0 Å². The van der Waals surface area contributed by atoms with Crippen molar-refractivity contribution in [2.75, 3.05) is 0 Å². The lowest BCUT2D eigenvalue weighted by Gasteiger charge is -2.02. The molecule has 0 atom stereocenters. The summed E-state index contributed by atoms with van der Waals surface area (Å²) in [6.07, 6.45) is 22.2. The molecule has 3 heteroatoms. The molecule has 0 amide bonds. The molecule has 1 N–H and O–H groups in total. The second-order valence-electron chi connectivity index (χ2n) is 9.60. The van der Waals surface area contributed by atoms with Crippen LogP contribution in [0.5, 0.6) is 0 Å². The van der Waals surface area contributed by atoms with Gasteiger partial charge in [0.25, 0.3) is 0 Å². The maximum absolute atomic E-state index is 3.74. The number of pyridine rings is 2. The van der Waals surface area contributed by atoms with E-state index in [9.17, 15) is 0 Å². The van der Waals surface area contributed by atoms with Crippen LogP contribution in [0, 0.1) is 13.8 Å². The monoisotopic (exact) mass is 447 g/mol. The molecule has 0 aliphatic carbocycles. The molecule has 0 saturated carbocycles. The Kier molecular flexibility index (Phi) is 10.2. The Bertz CT molecular complexity index is 873. The molecule has 3 nitrogen and oxygen atoms in total. The molecule has 0 saturated heterocycles. The van der Waals surface area contributed by atoms with E-state index in [2.05, 4.69) is 90.9 Å². The zero-order chi connectivity index (χ0) is 23.5. The molecule has 3 rings (SSSR count). The zero-order valence-corrected chi connectivity index (χ0v) is 21.5. The van der Waals surface area contributed by atoms with Crippen LogP contribution in [-0.2, 0) is 13.1 Å². The molecule has 3 aromatic rings. The van der Waals surface area contributed by atoms with Crippen molar-refractivity contribution in [2.24, 2.45) is 0 Å². The SMILES string of the molecule is CCCCCCC[n+]1ccc(-c2[nH]c(-c3cc[n+](CCCCCCC)cc3)c(C)c2C)cc1. The molecule has 0 aromatic carbocycles. The maximum atomic E-state index is 3.74. The Hall–Kier alpha value is -2.42. The number of nitrogens with one attached hydrogen (secondary N) is 1. The Morgan fingerprint density at radius 2 is 0.909 bits per heavy atom. The largest absolute Gasteiger partial charge is 0.354 e. The predicted octanol–water partition coefficient (Wildman–Crippen LogP) is 7.48. The number of nitrogens with zero attached hydrogens (tertiary/aromatic N) is 2. The van der Waals surface area contributed by atoms with Gasteiger partial charge >= 0.3 is 0 Å². The fourth-order valence-corrected chi connectivity index (χ4v) is 4.61. The fourth-order valence-electron chi connectivity index (χ4n) is 4.61. The Morgan fingerprint density at radius 3 is 1.27 bits per heavy atom. The molecule has 3 aromatic heterocycles. The van der Waals surface area contributed by atoms with Gasteiger partial charge in [-0.15, -0.1) is 0 Å². The second kappa shape index (κ2) is 13.3. The second-order valence-corrected chi connectivity index (χ2v) is 9.60. The van der Waals surface area contributed by atoms with Gasteiger partial charge < -0.3 is 4.98 Å². The van der Waals surface area contributed by atoms with Crippen molar-refractivity contribution >= 4 is 0 Å². The smallest absolute Gasteiger partial charge is 0.169 e. The average Bonchev–Trinajstić information content (AvgIpc) is 3.14. The van der Waals surface area contributed by atoms with E-state index in [0.29, 0.717) is 0 Å². The van der Waals surface area contributed by atoms with Crippen molar-refractivity contribution in [1.82, 2.24) is 4.98 Å². The summed E-state index contributed by atoms with van der Waals surface area (Å²) < 4.78 is 4.64. The molecule has 0 aliphatic rings. The van der Waals surface area contributed by atoms with E-state index in [1.165, 1.54) is 97.8 Å². The number of aryl methyl sites for hydroxylation is 2. The number of aromatic amines is 1. The standard InChI is InChI=1S/C30H44N3/c1-5-7-9-11-13-19-32-21-15-27(16-22-32)29-25(3)26(4)30(31-29)28-17-23-33(24-18-28)20-14-12-10-8-6-2/h15-18,21-24H,5-14,19-20H2,1-4H3/q+1/p+1. The van der Waals surface area contributed by atoms with E-state index in [-0.39, 0.29) is 0 Å². The van der Waals surface area contributed by atoms with Crippen LogP contribution < -0.4 is 9.13 Å². The normalized spacial score (nSPS) is 11.3. The molecule has 0 bridgehead atoms. The van der Waals surface area contributed by atoms with Gasteiger partial charge in [-0.25, -0.2) is 9.13 Å². The third-order valence-corrected chi connectivity index (χ3v) is 6.96. The first kappa shape index (κ1) is 25.2. The summed E-state index contributed by atoms with van der Waals surface area (Å²) in [7, 11) is 0. The van der Waals surface area contributed by atoms with E-state index in [1.54, 1.807) is 0 Å². The van der Waals surface area contributed by atoms with E-state index in [4.69, 9.17) is 0 Å². The summed E-state index contributed by atoms with van der Waals surface area (Å²) in [6, 6.07) is 9.02. The Labute approximate surface area is 201 Å². The number of aromatic nitrogens is 3. The van der Waals surface area contributed by atoms with Crippen LogP contribution in [-0.4, -0.2) is 4.98 Å². The molecule has 0 radical (unpaired) electrons. The third-order valence-electron chi connectivity index (χ3n) is 6.96. The molecule has 178 valence electrons. The summed E-state index contributed by atoms with van der Waals surface area (Å²) in [4.78, 5) is 3.74. The van der Waals surface area contributed by atoms with Crippen LogP contribution in [0.3, 0.4) is 0 Å². The quantitative estimate of drug-likeness (QED) is 0.196.